The molecule has 1 amide bonds. The predicted octanol–water partition coefficient (Wildman–Crippen LogP) is 5.02. The molecule has 0 atom stereocenters. The van der Waals surface area contributed by atoms with Crippen molar-refractivity contribution in [1.29, 1.82) is 0 Å². The van der Waals surface area contributed by atoms with Crippen molar-refractivity contribution in [1.82, 2.24) is 0 Å². The van der Waals surface area contributed by atoms with Crippen molar-refractivity contribution in [2.24, 2.45) is 0 Å². The molecule has 0 aromatic heterocycles. The lowest BCUT2D eigenvalue weighted by Crippen LogP contribution is -2.38. The van der Waals surface area contributed by atoms with Crippen molar-refractivity contribution in [3.8, 4) is 11.5 Å². The van der Waals surface area contributed by atoms with Crippen molar-refractivity contribution in [3.05, 3.63) is 90.0 Å². The van der Waals surface area contributed by atoms with Gasteiger partial charge in [-0.15, -0.1) is 0 Å². The van der Waals surface area contributed by atoms with Crippen LogP contribution >= 0.6 is 0 Å². The number of fused-ring (bicyclic) bond motifs is 2. The second-order valence-corrected chi connectivity index (χ2v) is 10.2. The molecule has 5 rings (SSSR count). The Kier molecular flexibility index (Phi) is 5.82. The van der Waals surface area contributed by atoms with Crippen LogP contribution in [0.4, 0.5) is 11.4 Å². The Morgan fingerprint density at radius 2 is 1.66 bits per heavy atom. The normalized spacial score (nSPS) is 12.5. The van der Waals surface area contributed by atoms with Gasteiger partial charge in [0.05, 0.1) is 10.6 Å². The number of anilines is 2. The van der Waals surface area contributed by atoms with Gasteiger partial charge in [-0.3, -0.25) is 9.10 Å². The van der Waals surface area contributed by atoms with E-state index in [0.717, 1.165) is 16.5 Å². The summed E-state index contributed by atoms with van der Waals surface area (Å²) in [4.78, 5) is 13.3. The van der Waals surface area contributed by atoms with E-state index in [0.29, 0.717) is 28.3 Å². The van der Waals surface area contributed by atoms with Crippen LogP contribution in [0.2, 0.25) is 0 Å². The Bertz CT molecular complexity index is 1540. The molecule has 0 spiro atoms. The van der Waals surface area contributed by atoms with Gasteiger partial charge in [-0.25, -0.2) is 8.42 Å². The minimum Gasteiger partial charge on any atom is -0.454 e. The molecule has 0 saturated heterocycles. The summed E-state index contributed by atoms with van der Waals surface area (Å²) >= 11 is 0. The fourth-order valence-electron chi connectivity index (χ4n) is 4.15. The van der Waals surface area contributed by atoms with Crippen LogP contribution in [0.25, 0.3) is 10.8 Å². The summed E-state index contributed by atoms with van der Waals surface area (Å²) < 4.78 is 40.0. The average molecular weight is 489 g/mol. The number of aryl methyl sites for hydroxylation is 1. The number of hydrogen-bond acceptors (Lipinski definition) is 5. The van der Waals surface area contributed by atoms with E-state index in [1.165, 1.54) is 4.31 Å². The molecule has 4 aromatic rings. The highest BCUT2D eigenvalue weighted by Gasteiger charge is 2.30. The standard InChI is InChI=1S/C27H24N2O5S/c1-18-7-5-11-23(19(18)2)29(16-27(30)28-21-13-14-24-25(15-21)34-17-33-24)35(31,32)26-12-6-9-20-8-3-4-10-22(20)26/h3-15H,16-17H2,1-2H3,(H,28,30). The van der Waals surface area contributed by atoms with Crippen LogP contribution in [0.1, 0.15) is 11.1 Å². The van der Waals surface area contributed by atoms with Gasteiger partial charge in [-0.1, -0.05) is 48.5 Å². The molecule has 0 saturated carbocycles. The van der Waals surface area contributed by atoms with Crippen LogP contribution in [0.5, 0.6) is 11.5 Å². The van der Waals surface area contributed by atoms with E-state index in [4.69, 9.17) is 9.47 Å². The molecule has 0 radical (unpaired) electrons. The smallest absolute Gasteiger partial charge is 0.265 e. The summed E-state index contributed by atoms with van der Waals surface area (Å²) in [6, 6.07) is 22.9. The van der Waals surface area contributed by atoms with Crippen LogP contribution < -0.4 is 19.1 Å². The number of ether oxygens (including phenoxy) is 2. The maximum atomic E-state index is 14.1. The van der Waals surface area contributed by atoms with Crippen LogP contribution in [-0.4, -0.2) is 27.7 Å². The summed E-state index contributed by atoms with van der Waals surface area (Å²) in [5.74, 6) is 0.643. The minimum atomic E-state index is -4.09. The molecule has 0 fully saturated rings. The number of amides is 1. The minimum absolute atomic E-state index is 0.121. The van der Waals surface area contributed by atoms with Crippen LogP contribution in [-0.2, 0) is 14.8 Å². The van der Waals surface area contributed by atoms with Gasteiger partial charge in [0.15, 0.2) is 11.5 Å². The molecule has 0 bridgehead atoms. The Balaban J connectivity index is 1.54. The second-order valence-electron chi connectivity index (χ2n) is 8.32. The molecule has 1 N–H and O–H groups in total. The molecule has 8 heteroatoms. The number of carbonyl (C=O) groups is 1. The van der Waals surface area contributed by atoms with E-state index >= 15 is 0 Å². The molecule has 35 heavy (non-hydrogen) atoms. The quantitative estimate of drug-likeness (QED) is 0.412. The highest BCUT2D eigenvalue weighted by molar-refractivity contribution is 7.93. The van der Waals surface area contributed by atoms with Gasteiger partial charge in [-0.05, 0) is 54.6 Å². The second kappa shape index (κ2) is 8.96. The maximum Gasteiger partial charge on any atom is 0.265 e. The summed E-state index contributed by atoms with van der Waals surface area (Å²) in [6.07, 6.45) is 0. The SMILES string of the molecule is Cc1cccc(N(CC(=O)Nc2ccc3c(c2)OCO3)S(=O)(=O)c2cccc3ccccc23)c1C. The van der Waals surface area contributed by atoms with E-state index in [9.17, 15) is 13.2 Å². The third-order valence-electron chi connectivity index (χ3n) is 6.11. The number of rotatable bonds is 6. The third-order valence-corrected chi connectivity index (χ3v) is 7.92. The van der Waals surface area contributed by atoms with Gasteiger partial charge >= 0.3 is 0 Å². The molecule has 178 valence electrons. The fourth-order valence-corrected chi connectivity index (χ4v) is 5.85. The van der Waals surface area contributed by atoms with Crippen molar-refractivity contribution >= 4 is 38.1 Å². The average Bonchev–Trinajstić information content (AvgIpc) is 3.32. The summed E-state index contributed by atoms with van der Waals surface area (Å²) in [6.45, 7) is 3.49. The van der Waals surface area contributed by atoms with E-state index in [-0.39, 0.29) is 11.7 Å². The number of sulfonamides is 1. The number of nitrogens with zero attached hydrogens (tertiary/aromatic N) is 1. The van der Waals surface area contributed by atoms with Crippen molar-refractivity contribution in [3.63, 3.8) is 0 Å². The Labute approximate surface area is 204 Å². The van der Waals surface area contributed by atoms with Crippen LogP contribution in [0.3, 0.4) is 0 Å². The van der Waals surface area contributed by atoms with E-state index in [1.54, 1.807) is 54.6 Å². The number of hydrogen-bond donors (Lipinski definition) is 1. The van der Waals surface area contributed by atoms with E-state index in [1.807, 2.05) is 38.1 Å². The monoisotopic (exact) mass is 488 g/mol. The van der Waals surface area contributed by atoms with Gasteiger partial charge < -0.3 is 14.8 Å². The summed E-state index contributed by atoms with van der Waals surface area (Å²) in [7, 11) is -4.09. The topological polar surface area (TPSA) is 84.9 Å². The molecule has 1 heterocycles. The first-order valence-electron chi connectivity index (χ1n) is 11.1. The summed E-state index contributed by atoms with van der Waals surface area (Å²) in [5, 5.41) is 4.19. The van der Waals surface area contributed by atoms with Gasteiger partial charge in [-0.2, -0.15) is 0 Å². The molecular weight excluding hydrogens is 464 g/mol. The lowest BCUT2D eigenvalue weighted by atomic mass is 10.1. The van der Waals surface area contributed by atoms with Crippen molar-refractivity contribution in [2.75, 3.05) is 23.0 Å². The Morgan fingerprint density at radius 1 is 0.914 bits per heavy atom. The van der Waals surface area contributed by atoms with Crippen LogP contribution in [0, 0.1) is 13.8 Å². The molecular formula is C27H24N2O5S. The predicted molar refractivity (Wildman–Crippen MR) is 136 cm³/mol. The van der Waals surface area contributed by atoms with Gasteiger partial charge in [0, 0.05) is 17.1 Å². The van der Waals surface area contributed by atoms with E-state index in [2.05, 4.69) is 5.32 Å². The third kappa shape index (κ3) is 4.28. The maximum absolute atomic E-state index is 14.1. The van der Waals surface area contributed by atoms with Gasteiger partial charge in [0.2, 0.25) is 12.7 Å². The zero-order chi connectivity index (χ0) is 24.6. The molecule has 0 unspecified atom stereocenters. The largest absolute Gasteiger partial charge is 0.454 e. The lowest BCUT2D eigenvalue weighted by molar-refractivity contribution is -0.114. The van der Waals surface area contributed by atoms with Crippen molar-refractivity contribution < 1.29 is 22.7 Å². The molecule has 1 aliphatic rings. The van der Waals surface area contributed by atoms with Crippen LogP contribution in [0.15, 0.2) is 83.8 Å². The fraction of sp³-hybridized carbons (Fsp3) is 0.148. The summed E-state index contributed by atoms with van der Waals surface area (Å²) in [5.41, 5.74) is 2.66. The number of nitrogens with one attached hydrogen (secondary N) is 1. The lowest BCUT2D eigenvalue weighted by Gasteiger charge is -2.27. The molecule has 0 aliphatic carbocycles. The highest BCUT2D eigenvalue weighted by atomic mass is 32.2. The first kappa shape index (κ1) is 22.7. The molecule has 1 aliphatic heterocycles. The molecule has 7 nitrogen and oxygen atoms in total. The number of benzene rings is 4. The zero-order valence-corrected chi connectivity index (χ0v) is 20.1. The Morgan fingerprint density at radius 3 is 2.51 bits per heavy atom. The van der Waals surface area contributed by atoms with Gasteiger partial charge in [0.1, 0.15) is 6.54 Å². The van der Waals surface area contributed by atoms with E-state index < -0.39 is 22.5 Å². The van der Waals surface area contributed by atoms with Crippen molar-refractivity contribution in [2.45, 2.75) is 18.7 Å². The highest BCUT2D eigenvalue weighted by Crippen LogP contribution is 2.35. The Hall–Kier alpha value is -4.04. The first-order valence-corrected chi connectivity index (χ1v) is 12.5. The first-order chi connectivity index (χ1) is 16.8. The zero-order valence-electron chi connectivity index (χ0n) is 19.3. The van der Waals surface area contributed by atoms with Gasteiger partial charge in [0.25, 0.3) is 10.0 Å². The molecule has 4 aromatic carbocycles. The number of carbonyl (C=O) groups excluding carboxylic acids is 1.